The molecule has 1 heterocycles. The largest absolute Gasteiger partial charge is 0.506 e. The smallest absolute Gasteiger partial charge is 0.305 e. The van der Waals surface area contributed by atoms with Crippen LogP contribution >= 0.6 is 11.3 Å². The monoisotopic (exact) mass is 181 g/mol. The number of hydrogen-bond donors (Lipinski definition) is 2. The highest BCUT2D eigenvalue weighted by atomic mass is 32.1. The molecule has 0 saturated heterocycles. The third-order valence-corrected chi connectivity index (χ3v) is 2.77. The summed E-state index contributed by atoms with van der Waals surface area (Å²) in [4.78, 5) is 13.4. The molecule has 0 bridgehead atoms. The number of H-pyrrole nitrogens is 1. The molecular formula is C8H7NO2S. The van der Waals surface area contributed by atoms with Crippen molar-refractivity contribution in [2.45, 2.75) is 6.92 Å². The van der Waals surface area contributed by atoms with E-state index in [0.717, 1.165) is 21.6 Å². The Balaban J connectivity index is 3.03. The zero-order chi connectivity index (χ0) is 8.72. The summed E-state index contributed by atoms with van der Waals surface area (Å²) in [5.41, 5.74) is 1.55. The Morgan fingerprint density at radius 1 is 1.50 bits per heavy atom. The second-order valence-corrected chi connectivity index (χ2v) is 3.60. The summed E-state index contributed by atoms with van der Waals surface area (Å²) >= 11 is 1.12. The van der Waals surface area contributed by atoms with E-state index in [1.54, 1.807) is 12.1 Å². The van der Waals surface area contributed by atoms with E-state index in [-0.39, 0.29) is 10.6 Å². The van der Waals surface area contributed by atoms with Crippen LogP contribution in [0.3, 0.4) is 0 Å². The Hall–Kier alpha value is -1.29. The van der Waals surface area contributed by atoms with Crippen molar-refractivity contribution in [2.24, 2.45) is 0 Å². The molecule has 0 saturated carbocycles. The van der Waals surface area contributed by atoms with Crippen molar-refractivity contribution in [2.75, 3.05) is 0 Å². The van der Waals surface area contributed by atoms with Gasteiger partial charge in [-0.25, -0.2) is 0 Å². The summed E-state index contributed by atoms with van der Waals surface area (Å²) < 4.78 is 0.833. The van der Waals surface area contributed by atoms with Crippen LogP contribution < -0.4 is 4.87 Å². The molecule has 0 amide bonds. The molecule has 62 valence electrons. The lowest BCUT2D eigenvalue weighted by atomic mass is 10.2. The van der Waals surface area contributed by atoms with Crippen LogP contribution in [0.15, 0.2) is 16.9 Å². The molecule has 4 heteroatoms. The highest BCUT2D eigenvalue weighted by molar-refractivity contribution is 7.16. The van der Waals surface area contributed by atoms with Gasteiger partial charge >= 0.3 is 4.87 Å². The fourth-order valence-corrected chi connectivity index (χ4v) is 1.97. The number of nitrogens with one attached hydrogen (secondary N) is 1. The lowest BCUT2D eigenvalue weighted by Crippen LogP contribution is -1.89. The summed E-state index contributed by atoms with van der Waals surface area (Å²) in [6, 6.07) is 3.38. The van der Waals surface area contributed by atoms with Gasteiger partial charge in [0.15, 0.2) is 0 Å². The van der Waals surface area contributed by atoms with Gasteiger partial charge in [-0.15, -0.1) is 0 Å². The number of hydrogen-bond acceptors (Lipinski definition) is 3. The second-order valence-electron chi connectivity index (χ2n) is 2.62. The van der Waals surface area contributed by atoms with Crippen molar-refractivity contribution in [1.29, 1.82) is 0 Å². The zero-order valence-corrected chi connectivity index (χ0v) is 7.23. The maximum atomic E-state index is 10.9. The minimum absolute atomic E-state index is 0.130. The van der Waals surface area contributed by atoms with Crippen molar-refractivity contribution in [3.8, 4) is 5.75 Å². The van der Waals surface area contributed by atoms with E-state index >= 15 is 0 Å². The molecule has 1 aromatic carbocycles. The number of phenolic OH excluding ortho intramolecular Hbond substituents is 1. The molecule has 12 heavy (non-hydrogen) atoms. The zero-order valence-electron chi connectivity index (χ0n) is 6.42. The van der Waals surface area contributed by atoms with Crippen LogP contribution in [0.4, 0.5) is 0 Å². The van der Waals surface area contributed by atoms with E-state index in [1.165, 1.54) is 0 Å². The fourth-order valence-electron chi connectivity index (χ4n) is 1.15. The first-order chi connectivity index (χ1) is 5.68. The number of thiazole rings is 1. The van der Waals surface area contributed by atoms with Crippen LogP contribution in [-0.4, -0.2) is 10.1 Å². The number of aromatic amines is 1. The fraction of sp³-hybridized carbons (Fsp3) is 0.125. The van der Waals surface area contributed by atoms with Gasteiger partial charge in [0.2, 0.25) is 0 Å². The molecule has 0 aliphatic heterocycles. The molecule has 2 rings (SSSR count). The topological polar surface area (TPSA) is 53.1 Å². The Labute approximate surface area is 72.3 Å². The average molecular weight is 181 g/mol. The molecule has 0 aliphatic carbocycles. The van der Waals surface area contributed by atoms with Crippen LogP contribution in [0.5, 0.6) is 5.75 Å². The van der Waals surface area contributed by atoms with Crippen molar-refractivity contribution < 1.29 is 5.11 Å². The predicted molar refractivity (Wildman–Crippen MR) is 48.8 cm³/mol. The van der Waals surface area contributed by atoms with Crippen LogP contribution in [0.1, 0.15) is 5.56 Å². The molecule has 0 fully saturated rings. The maximum Gasteiger partial charge on any atom is 0.305 e. The first-order valence-corrected chi connectivity index (χ1v) is 4.31. The van der Waals surface area contributed by atoms with Gasteiger partial charge in [-0.3, -0.25) is 4.79 Å². The van der Waals surface area contributed by atoms with Gasteiger partial charge in [-0.2, -0.15) is 0 Å². The van der Waals surface area contributed by atoms with Crippen LogP contribution in [0.2, 0.25) is 0 Å². The number of aromatic nitrogens is 1. The summed E-state index contributed by atoms with van der Waals surface area (Å²) in [6.45, 7) is 1.91. The predicted octanol–water partition coefficient (Wildman–Crippen LogP) is 1.60. The lowest BCUT2D eigenvalue weighted by molar-refractivity contribution is 0.480. The van der Waals surface area contributed by atoms with E-state index in [9.17, 15) is 9.90 Å². The van der Waals surface area contributed by atoms with Crippen molar-refractivity contribution in [1.82, 2.24) is 4.98 Å². The van der Waals surface area contributed by atoms with E-state index in [2.05, 4.69) is 4.98 Å². The molecular weight excluding hydrogens is 174 g/mol. The number of benzene rings is 1. The van der Waals surface area contributed by atoms with Gasteiger partial charge in [0.25, 0.3) is 0 Å². The van der Waals surface area contributed by atoms with Gasteiger partial charge < -0.3 is 10.1 Å². The molecule has 0 atom stereocenters. The normalized spacial score (nSPS) is 10.8. The van der Waals surface area contributed by atoms with Gasteiger partial charge in [-0.1, -0.05) is 17.4 Å². The number of aromatic hydroxyl groups is 1. The molecule has 0 spiro atoms. The maximum absolute atomic E-state index is 10.9. The quantitative estimate of drug-likeness (QED) is 0.648. The second kappa shape index (κ2) is 2.35. The summed E-state index contributed by atoms with van der Waals surface area (Å²) in [5, 5.41) is 9.35. The minimum atomic E-state index is -0.130. The number of aryl methyl sites for hydroxylation is 1. The number of fused-ring (bicyclic) bond motifs is 1. The van der Waals surface area contributed by atoms with Crippen LogP contribution in [0.25, 0.3) is 10.2 Å². The molecule has 3 nitrogen and oxygen atoms in total. The van der Waals surface area contributed by atoms with Gasteiger partial charge in [0, 0.05) is 0 Å². The van der Waals surface area contributed by atoms with Crippen molar-refractivity contribution in [3.63, 3.8) is 0 Å². The van der Waals surface area contributed by atoms with Gasteiger partial charge in [0.1, 0.15) is 11.3 Å². The highest BCUT2D eigenvalue weighted by Gasteiger charge is 2.05. The molecule has 0 aliphatic rings. The van der Waals surface area contributed by atoms with Gasteiger partial charge in [-0.05, 0) is 18.6 Å². The third kappa shape index (κ3) is 0.921. The standard InChI is InChI=1S/C8H7NO2S/c1-4-2-3-5(10)6-7(4)12-8(11)9-6/h2-3,10H,1H3,(H,9,11). The van der Waals surface area contributed by atoms with E-state index in [4.69, 9.17) is 0 Å². The average Bonchev–Trinajstić information content (AvgIpc) is 2.41. The molecule has 0 unspecified atom stereocenters. The molecule has 1 aromatic heterocycles. The summed E-state index contributed by atoms with van der Waals surface area (Å²) in [7, 11) is 0. The Bertz CT molecular complexity index is 441. The van der Waals surface area contributed by atoms with Crippen LogP contribution in [0, 0.1) is 6.92 Å². The summed E-state index contributed by atoms with van der Waals surface area (Å²) in [5.74, 6) is 0.133. The summed E-state index contributed by atoms with van der Waals surface area (Å²) in [6.07, 6.45) is 0. The first kappa shape index (κ1) is 7.36. The van der Waals surface area contributed by atoms with Crippen LogP contribution in [-0.2, 0) is 0 Å². The van der Waals surface area contributed by atoms with Crippen molar-refractivity contribution in [3.05, 3.63) is 27.4 Å². The molecule has 0 radical (unpaired) electrons. The van der Waals surface area contributed by atoms with E-state index in [0.29, 0.717) is 5.52 Å². The highest BCUT2D eigenvalue weighted by Crippen LogP contribution is 2.26. The minimum Gasteiger partial charge on any atom is -0.506 e. The molecule has 2 aromatic rings. The van der Waals surface area contributed by atoms with E-state index < -0.39 is 0 Å². The Morgan fingerprint density at radius 2 is 2.25 bits per heavy atom. The Morgan fingerprint density at radius 3 is 2.92 bits per heavy atom. The Kier molecular flexibility index (Phi) is 1.44. The first-order valence-electron chi connectivity index (χ1n) is 3.50. The third-order valence-electron chi connectivity index (χ3n) is 1.75. The SMILES string of the molecule is Cc1ccc(O)c2[nH]c(=O)sc12. The molecule has 2 N–H and O–H groups in total. The van der Waals surface area contributed by atoms with E-state index in [1.807, 2.05) is 6.92 Å². The van der Waals surface area contributed by atoms with Gasteiger partial charge in [0.05, 0.1) is 4.70 Å². The number of phenols is 1. The lowest BCUT2D eigenvalue weighted by Gasteiger charge is -1.95. The van der Waals surface area contributed by atoms with Crippen molar-refractivity contribution >= 4 is 21.6 Å². The number of rotatable bonds is 0.